The van der Waals surface area contributed by atoms with Crippen molar-refractivity contribution in [1.82, 2.24) is 4.31 Å². The molecule has 4 nitrogen and oxygen atoms in total. The summed E-state index contributed by atoms with van der Waals surface area (Å²) in [5.41, 5.74) is 7.29. The van der Waals surface area contributed by atoms with Crippen molar-refractivity contribution in [3.63, 3.8) is 0 Å². The number of hydrogen-bond donors (Lipinski definition) is 1. The lowest BCUT2D eigenvalue weighted by molar-refractivity contribution is 0.349. The molecule has 0 fully saturated rings. The van der Waals surface area contributed by atoms with Crippen LogP contribution in [0.4, 0.5) is 5.69 Å². The van der Waals surface area contributed by atoms with Crippen molar-refractivity contribution in [2.45, 2.75) is 30.6 Å². The zero-order chi connectivity index (χ0) is 15.6. The number of para-hydroxylation sites is 1. The molecule has 1 aromatic heterocycles. The van der Waals surface area contributed by atoms with Gasteiger partial charge in [0.05, 0.1) is 4.34 Å². The van der Waals surface area contributed by atoms with Gasteiger partial charge < -0.3 is 5.73 Å². The predicted octanol–water partition coefficient (Wildman–Crippen LogP) is 3.58. The highest BCUT2D eigenvalue weighted by molar-refractivity contribution is 7.91. The highest BCUT2D eigenvalue weighted by Crippen LogP contribution is 2.30. The Bertz CT molecular complexity index is 726. The van der Waals surface area contributed by atoms with Gasteiger partial charge in [-0.25, -0.2) is 8.42 Å². The Kier molecular flexibility index (Phi) is 4.93. The number of nitrogens with zero attached hydrogens (tertiary/aromatic N) is 1. The van der Waals surface area contributed by atoms with E-state index in [2.05, 4.69) is 0 Å². The maximum Gasteiger partial charge on any atom is 0.253 e. The summed E-state index contributed by atoms with van der Waals surface area (Å²) >= 11 is 6.91. The lowest BCUT2D eigenvalue weighted by atomic mass is 10.2. The van der Waals surface area contributed by atoms with Gasteiger partial charge in [-0.05, 0) is 37.6 Å². The van der Waals surface area contributed by atoms with Crippen LogP contribution in [0.1, 0.15) is 19.4 Å². The van der Waals surface area contributed by atoms with Crippen molar-refractivity contribution >= 4 is 38.6 Å². The Balaban J connectivity index is 2.38. The monoisotopic (exact) mass is 344 g/mol. The molecule has 0 radical (unpaired) electrons. The van der Waals surface area contributed by atoms with E-state index in [1.807, 2.05) is 32.0 Å². The molecule has 2 N–H and O–H groups in total. The number of anilines is 1. The van der Waals surface area contributed by atoms with Gasteiger partial charge in [-0.2, -0.15) is 4.31 Å². The number of nitrogen functional groups attached to an aromatic ring is 1. The highest BCUT2D eigenvalue weighted by Gasteiger charge is 2.29. The summed E-state index contributed by atoms with van der Waals surface area (Å²) in [6.07, 6.45) is 0. The van der Waals surface area contributed by atoms with Crippen LogP contribution in [-0.2, 0) is 16.6 Å². The molecule has 2 rings (SSSR count). The van der Waals surface area contributed by atoms with E-state index >= 15 is 0 Å². The largest absolute Gasteiger partial charge is 0.398 e. The zero-order valence-corrected chi connectivity index (χ0v) is 14.2. The van der Waals surface area contributed by atoms with Gasteiger partial charge in [-0.1, -0.05) is 29.8 Å². The lowest BCUT2D eigenvalue weighted by Crippen LogP contribution is -2.36. The SMILES string of the molecule is CC(C)N(Cc1ccccc1N)S(=O)(=O)c1ccc(Cl)s1. The van der Waals surface area contributed by atoms with Crippen LogP contribution < -0.4 is 5.73 Å². The Morgan fingerprint density at radius 2 is 1.90 bits per heavy atom. The second-order valence-electron chi connectivity index (χ2n) is 4.90. The number of rotatable bonds is 5. The van der Waals surface area contributed by atoms with E-state index in [4.69, 9.17) is 17.3 Å². The molecule has 7 heteroatoms. The Morgan fingerprint density at radius 1 is 1.24 bits per heavy atom. The number of sulfonamides is 1. The molecule has 0 saturated carbocycles. The Morgan fingerprint density at radius 3 is 2.43 bits per heavy atom. The Labute approximate surface area is 134 Å². The summed E-state index contributed by atoms with van der Waals surface area (Å²) in [6.45, 7) is 3.92. The van der Waals surface area contributed by atoms with Gasteiger partial charge in [0.25, 0.3) is 10.0 Å². The molecular weight excluding hydrogens is 328 g/mol. The topological polar surface area (TPSA) is 63.4 Å². The maximum atomic E-state index is 12.7. The van der Waals surface area contributed by atoms with Gasteiger partial charge in [0.2, 0.25) is 0 Å². The van der Waals surface area contributed by atoms with E-state index in [0.29, 0.717) is 10.0 Å². The van der Waals surface area contributed by atoms with E-state index in [9.17, 15) is 8.42 Å². The molecule has 1 aromatic carbocycles. The predicted molar refractivity (Wildman–Crippen MR) is 88.0 cm³/mol. The van der Waals surface area contributed by atoms with E-state index < -0.39 is 10.0 Å². The van der Waals surface area contributed by atoms with Gasteiger partial charge in [0, 0.05) is 18.3 Å². The summed E-state index contributed by atoms with van der Waals surface area (Å²) in [7, 11) is -3.58. The maximum absolute atomic E-state index is 12.7. The van der Waals surface area contributed by atoms with Crippen molar-refractivity contribution in [2.75, 3.05) is 5.73 Å². The van der Waals surface area contributed by atoms with Crippen LogP contribution >= 0.6 is 22.9 Å². The minimum atomic E-state index is -3.58. The van der Waals surface area contributed by atoms with Crippen LogP contribution in [0.5, 0.6) is 0 Å². The number of benzene rings is 1. The first kappa shape index (κ1) is 16.3. The Hall–Kier alpha value is -1.08. The third kappa shape index (κ3) is 3.58. The highest BCUT2D eigenvalue weighted by atomic mass is 35.5. The normalized spacial score (nSPS) is 12.2. The van der Waals surface area contributed by atoms with E-state index in [1.165, 1.54) is 10.4 Å². The first-order valence-electron chi connectivity index (χ1n) is 6.43. The van der Waals surface area contributed by atoms with Crippen LogP contribution in [0, 0.1) is 0 Å². The molecule has 0 spiro atoms. The molecule has 0 aliphatic heterocycles. The van der Waals surface area contributed by atoms with Crippen molar-refractivity contribution in [3.05, 3.63) is 46.3 Å². The molecule has 0 aliphatic rings. The van der Waals surface area contributed by atoms with Gasteiger partial charge in [0.15, 0.2) is 0 Å². The van der Waals surface area contributed by atoms with Gasteiger partial charge in [-0.3, -0.25) is 0 Å². The minimum absolute atomic E-state index is 0.185. The van der Waals surface area contributed by atoms with Crippen molar-refractivity contribution in [1.29, 1.82) is 0 Å². The molecule has 0 amide bonds. The standard InChI is InChI=1S/C14H17ClN2O2S2/c1-10(2)17(9-11-5-3-4-6-12(11)16)21(18,19)14-8-7-13(15)20-14/h3-8,10H,9,16H2,1-2H3. The van der Waals surface area contributed by atoms with Crippen LogP contribution in [0.15, 0.2) is 40.6 Å². The number of thiophene rings is 1. The van der Waals surface area contributed by atoms with Gasteiger partial charge in [0.1, 0.15) is 4.21 Å². The quantitative estimate of drug-likeness (QED) is 0.843. The molecule has 1 heterocycles. The first-order chi connectivity index (χ1) is 9.82. The van der Waals surface area contributed by atoms with Crippen LogP contribution in [0.3, 0.4) is 0 Å². The fraction of sp³-hybridized carbons (Fsp3) is 0.286. The average Bonchev–Trinajstić information content (AvgIpc) is 2.84. The summed E-state index contributed by atoms with van der Waals surface area (Å²) in [4.78, 5) is 0. The molecule has 0 atom stereocenters. The third-order valence-electron chi connectivity index (χ3n) is 3.07. The second-order valence-corrected chi connectivity index (χ2v) is 8.73. The smallest absolute Gasteiger partial charge is 0.253 e. The number of hydrogen-bond acceptors (Lipinski definition) is 4. The summed E-state index contributed by atoms with van der Waals surface area (Å²) in [6, 6.07) is 10.2. The fourth-order valence-electron chi connectivity index (χ4n) is 1.94. The van der Waals surface area contributed by atoms with Crippen molar-refractivity contribution in [3.8, 4) is 0 Å². The molecule has 114 valence electrons. The molecular formula is C14H17ClN2O2S2. The zero-order valence-electron chi connectivity index (χ0n) is 11.8. The first-order valence-corrected chi connectivity index (χ1v) is 9.06. The van der Waals surface area contributed by atoms with Gasteiger partial charge in [-0.15, -0.1) is 11.3 Å². The van der Waals surface area contributed by atoms with E-state index in [0.717, 1.165) is 16.9 Å². The van der Waals surface area contributed by atoms with Crippen LogP contribution in [0.25, 0.3) is 0 Å². The molecule has 21 heavy (non-hydrogen) atoms. The van der Waals surface area contributed by atoms with E-state index in [1.54, 1.807) is 12.1 Å². The summed E-state index contributed by atoms with van der Waals surface area (Å²) in [5.74, 6) is 0. The molecule has 0 unspecified atom stereocenters. The molecule has 0 bridgehead atoms. The summed E-state index contributed by atoms with van der Waals surface area (Å²) < 4.78 is 27.6. The number of halogens is 1. The second kappa shape index (κ2) is 6.36. The average molecular weight is 345 g/mol. The fourth-order valence-corrected chi connectivity index (χ4v) is 5.17. The third-order valence-corrected chi connectivity index (χ3v) is 6.79. The minimum Gasteiger partial charge on any atom is -0.398 e. The molecule has 2 aromatic rings. The van der Waals surface area contributed by atoms with E-state index in [-0.39, 0.29) is 16.8 Å². The molecule has 0 saturated heterocycles. The summed E-state index contributed by atoms with van der Waals surface area (Å²) in [5, 5.41) is 0. The van der Waals surface area contributed by atoms with Gasteiger partial charge >= 0.3 is 0 Å². The van der Waals surface area contributed by atoms with Crippen LogP contribution in [-0.4, -0.2) is 18.8 Å². The lowest BCUT2D eigenvalue weighted by Gasteiger charge is -2.25. The van der Waals surface area contributed by atoms with Crippen molar-refractivity contribution in [2.24, 2.45) is 0 Å². The van der Waals surface area contributed by atoms with Crippen LogP contribution in [0.2, 0.25) is 4.34 Å². The molecule has 0 aliphatic carbocycles. The number of nitrogens with two attached hydrogens (primary N) is 1. The van der Waals surface area contributed by atoms with Crippen molar-refractivity contribution < 1.29 is 8.42 Å².